The molecule has 132 valence electrons. The largest absolute Gasteiger partial charge is 0.485 e. The number of nitrogens with zero attached hydrogens (tertiary/aromatic N) is 3. The first-order valence-corrected chi connectivity index (χ1v) is 8.28. The molecule has 2 fully saturated rings. The van der Waals surface area contributed by atoms with Gasteiger partial charge in [-0.15, -0.1) is 0 Å². The molecule has 3 heterocycles. The van der Waals surface area contributed by atoms with Crippen LogP contribution in [0.5, 0.6) is 5.75 Å². The maximum atomic E-state index is 13.2. The van der Waals surface area contributed by atoms with Crippen molar-refractivity contribution in [3.05, 3.63) is 41.7 Å². The zero-order valence-electron chi connectivity index (χ0n) is 13.5. The molecule has 1 aromatic heterocycles. The number of carboxylic acid groups (broad SMARTS) is 1. The van der Waals surface area contributed by atoms with Crippen molar-refractivity contribution in [3.63, 3.8) is 0 Å². The van der Waals surface area contributed by atoms with E-state index in [4.69, 9.17) is 14.6 Å². The highest BCUT2D eigenvalue weighted by Gasteiger charge is 2.44. The molecule has 3 atom stereocenters. The normalized spacial score (nSPS) is 24.6. The Balaban J connectivity index is 1.53. The van der Waals surface area contributed by atoms with Crippen LogP contribution in [0.4, 0.5) is 4.39 Å². The van der Waals surface area contributed by atoms with Gasteiger partial charge in [-0.05, 0) is 31.4 Å². The molecule has 2 aliphatic heterocycles. The van der Waals surface area contributed by atoms with Crippen molar-refractivity contribution < 1.29 is 23.8 Å². The fourth-order valence-corrected chi connectivity index (χ4v) is 3.60. The number of benzene rings is 1. The van der Waals surface area contributed by atoms with Gasteiger partial charge in [-0.2, -0.15) is 5.10 Å². The standard InChI is InChI=1S/C17H18FN3O4/c18-10-2-1-3-11(6-10)24-9-15-19-17(21(20-15)8-16(22)23)13-7-12-4-5-14(13)25-12/h1-3,6,12-14H,4-5,7-9H2,(H,22,23)/t12-,13+,14+/m0/s1. The van der Waals surface area contributed by atoms with E-state index in [1.54, 1.807) is 12.1 Å². The Bertz CT molecular complexity index is 794. The van der Waals surface area contributed by atoms with Crippen molar-refractivity contribution in [2.45, 2.75) is 50.5 Å². The molecule has 25 heavy (non-hydrogen) atoms. The lowest BCUT2D eigenvalue weighted by atomic mass is 9.88. The minimum atomic E-state index is -0.979. The van der Waals surface area contributed by atoms with Crippen LogP contribution >= 0.6 is 0 Å². The third-order valence-corrected chi connectivity index (χ3v) is 4.63. The number of carbonyl (C=O) groups is 1. The lowest BCUT2D eigenvalue weighted by Gasteiger charge is -2.17. The molecule has 0 unspecified atom stereocenters. The van der Waals surface area contributed by atoms with Crippen LogP contribution in [0.1, 0.15) is 36.8 Å². The van der Waals surface area contributed by atoms with Gasteiger partial charge in [0.15, 0.2) is 5.82 Å². The van der Waals surface area contributed by atoms with Crippen LogP contribution < -0.4 is 4.74 Å². The Morgan fingerprint density at radius 3 is 3.00 bits per heavy atom. The van der Waals surface area contributed by atoms with Crippen molar-refractivity contribution in [1.82, 2.24) is 14.8 Å². The Morgan fingerprint density at radius 1 is 1.44 bits per heavy atom. The minimum absolute atomic E-state index is 0.0464. The Hall–Kier alpha value is -2.48. The lowest BCUT2D eigenvalue weighted by molar-refractivity contribution is -0.138. The average Bonchev–Trinajstić information content (AvgIpc) is 3.27. The van der Waals surface area contributed by atoms with Crippen molar-refractivity contribution >= 4 is 5.97 Å². The number of rotatable bonds is 6. The summed E-state index contributed by atoms with van der Waals surface area (Å²) in [6.07, 6.45) is 3.16. The predicted octanol–water partition coefficient (Wildman–Crippen LogP) is 2.12. The molecule has 7 nitrogen and oxygen atoms in total. The molecule has 0 spiro atoms. The molecule has 0 amide bonds. The van der Waals surface area contributed by atoms with E-state index < -0.39 is 5.97 Å². The van der Waals surface area contributed by atoms with Gasteiger partial charge in [-0.25, -0.2) is 14.1 Å². The van der Waals surface area contributed by atoms with Crippen LogP contribution in [-0.2, 0) is 22.7 Å². The Morgan fingerprint density at radius 2 is 2.32 bits per heavy atom. The van der Waals surface area contributed by atoms with Crippen LogP contribution in [0.15, 0.2) is 24.3 Å². The van der Waals surface area contributed by atoms with Crippen LogP contribution in [0.3, 0.4) is 0 Å². The summed E-state index contributed by atoms with van der Waals surface area (Å²) in [6, 6.07) is 5.81. The second-order valence-electron chi connectivity index (χ2n) is 6.40. The second kappa shape index (κ2) is 6.44. The van der Waals surface area contributed by atoms with Crippen LogP contribution in [0, 0.1) is 5.82 Å². The van der Waals surface area contributed by atoms with E-state index in [9.17, 15) is 9.18 Å². The van der Waals surface area contributed by atoms with Gasteiger partial charge in [-0.1, -0.05) is 6.07 Å². The van der Waals surface area contributed by atoms with Crippen LogP contribution in [-0.4, -0.2) is 38.0 Å². The highest BCUT2D eigenvalue weighted by Crippen LogP contribution is 2.43. The maximum absolute atomic E-state index is 13.2. The number of ether oxygens (including phenoxy) is 2. The molecule has 0 radical (unpaired) electrons. The van der Waals surface area contributed by atoms with Gasteiger partial charge < -0.3 is 14.6 Å². The highest BCUT2D eigenvalue weighted by atomic mass is 19.1. The molecule has 4 rings (SSSR count). The number of hydrogen-bond donors (Lipinski definition) is 1. The SMILES string of the molecule is O=C(O)Cn1nc(COc2cccc(F)c2)nc1[C@@H]1C[C@@H]2CC[C@H]1O2. The number of aliphatic carboxylic acids is 1. The smallest absolute Gasteiger partial charge is 0.325 e. The first-order chi connectivity index (χ1) is 12.1. The Kier molecular flexibility index (Phi) is 4.12. The second-order valence-corrected chi connectivity index (χ2v) is 6.40. The molecule has 8 heteroatoms. The zero-order chi connectivity index (χ0) is 17.4. The topological polar surface area (TPSA) is 86.5 Å². The summed E-state index contributed by atoms with van der Waals surface area (Å²) in [6.45, 7) is -0.207. The van der Waals surface area contributed by atoms with E-state index in [1.165, 1.54) is 16.8 Å². The monoisotopic (exact) mass is 347 g/mol. The van der Waals surface area contributed by atoms with Crippen LogP contribution in [0.2, 0.25) is 0 Å². The van der Waals surface area contributed by atoms with Gasteiger partial charge in [0.25, 0.3) is 0 Å². The molecule has 0 aliphatic carbocycles. The first kappa shape index (κ1) is 16.0. The van der Waals surface area contributed by atoms with Gasteiger partial charge >= 0.3 is 5.97 Å². The van der Waals surface area contributed by atoms with E-state index in [1.807, 2.05) is 0 Å². The van der Waals surface area contributed by atoms with E-state index in [0.29, 0.717) is 17.4 Å². The summed E-state index contributed by atoms with van der Waals surface area (Å²) in [7, 11) is 0. The van der Waals surface area contributed by atoms with Crippen molar-refractivity contribution in [2.24, 2.45) is 0 Å². The van der Waals surface area contributed by atoms with E-state index in [2.05, 4.69) is 10.1 Å². The van der Waals surface area contributed by atoms with Crippen molar-refractivity contribution in [1.29, 1.82) is 0 Å². The van der Waals surface area contributed by atoms with E-state index in [-0.39, 0.29) is 37.1 Å². The Labute approximate surface area is 143 Å². The summed E-state index contributed by atoms with van der Waals surface area (Å²) in [5.41, 5.74) is 0. The zero-order valence-corrected chi connectivity index (χ0v) is 13.5. The molecule has 1 N–H and O–H groups in total. The summed E-state index contributed by atoms with van der Waals surface area (Å²) in [4.78, 5) is 15.6. The number of aromatic nitrogens is 3. The van der Waals surface area contributed by atoms with Gasteiger partial charge in [-0.3, -0.25) is 4.79 Å². The molecule has 2 aromatic rings. The van der Waals surface area contributed by atoms with Gasteiger partial charge in [0.05, 0.1) is 12.2 Å². The maximum Gasteiger partial charge on any atom is 0.325 e. The number of fused-ring (bicyclic) bond motifs is 2. The lowest BCUT2D eigenvalue weighted by Crippen LogP contribution is -2.21. The van der Waals surface area contributed by atoms with Crippen LogP contribution in [0.25, 0.3) is 0 Å². The quantitative estimate of drug-likeness (QED) is 0.861. The third-order valence-electron chi connectivity index (χ3n) is 4.63. The van der Waals surface area contributed by atoms with E-state index >= 15 is 0 Å². The average molecular weight is 347 g/mol. The first-order valence-electron chi connectivity index (χ1n) is 8.28. The number of halogens is 1. The number of hydrogen-bond acceptors (Lipinski definition) is 5. The molecule has 1 aromatic carbocycles. The van der Waals surface area contributed by atoms with Gasteiger partial charge in [0.2, 0.25) is 0 Å². The molecule has 2 aliphatic rings. The fourth-order valence-electron chi connectivity index (χ4n) is 3.60. The molecular formula is C17H18FN3O4. The summed E-state index contributed by atoms with van der Waals surface area (Å²) in [5, 5.41) is 13.4. The highest BCUT2D eigenvalue weighted by molar-refractivity contribution is 5.66. The van der Waals surface area contributed by atoms with E-state index in [0.717, 1.165) is 19.3 Å². The summed E-state index contributed by atoms with van der Waals surface area (Å²) < 4.78 is 26.0. The van der Waals surface area contributed by atoms with Gasteiger partial charge in [0.1, 0.15) is 30.5 Å². The third kappa shape index (κ3) is 3.34. The summed E-state index contributed by atoms with van der Waals surface area (Å²) in [5.74, 6) is 0.0816. The number of carboxylic acids is 1. The molecule has 0 saturated carbocycles. The predicted molar refractivity (Wildman–Crippen MR) is 83.6 cm³/mol. The minimum Gasteiger partial charge on any atom is -0.485 e. The molecular weight excluding hydrogens is 329 g/mol. The van der Waals surface area contributed by atoms with Crippen molar-refractivity contribution in [3.8, 4) is 5.75 Å². The molecule has 2 saturated heterocycles. The summed E-state index contributed by atoms with van der Waals surface area (Å²) >= 11 is 0. The fraction of sp³-hybridized carbons (Fsp3) is 0.471. The van der Waals surface area contributed by atoms with Gasteiger partial charge in [0, 0.05) is 12.0 Å². The van der Waals surface area contributed by atoms with Crippen molar-refractivity contribution in [2.75, 3.05) is 0 Å². The molecule has 2 bridgehead atoms.